The lowest BCUT2D eigenvalue weighted by molar-refractivity contribution is 0.0593. The van der Waals surface area contributed by atoms with Crippen LogP contribution in [0.4, 0.5) is 0 Å². The van der Waals surface area contributed by atoms with Crippen molar-refractivity contribution in [2.75, 3.05) is 13.7 Å². The number of amides is 1. The van der Waals surface area contributed by atoms with Crippen LogP contribution in [0.5, 0.6) is 0 Å². The summed E-state index contributed by atoms with van der Waals surface area (Å²) in [6.45, 7) is 0.559. The fourth-order valence-corrected chi connectivity index (χ4v) is 1.51. The van der Waals surface area contributed by atoms with Crippen LogP contribution in [0.2, 0.25) is 0 Å². The number of carbonyl (C=O) groups is 2. The molecule has 0 bridgehead atoms. The number of rotatable bonds is 1. The first-order chi connectivity index (χ1) is 7.22. The molecule has 1 aromatic heterocycles. The molecule has 2 heterocycles. The van der Waals surface area contributed by atoms with Crippen molar-refractivity contribution in [1.82, 2.24) is 10.3 Å². The molecule has 78 valence electrons. The highest BCUT2D eigenvalue weighted by atomic mass is 16.5. The predicted octanol–water partition coefficient (Wildman–Crippen LogP) is 0.154. The van der Waals surface area contributed by atoms with Gasteiger partial charge in [0.1, 0.15) is 5.69 Å². The lowest BCUT2D eigenvalue weighted by Crippen LogP contribution is -2.32. The summed E-state index contributed by atoms with van der Waals surface area (Å²) in [7, 11) is 1.30. The van der Waals surface area contributed by atoms with E-state index in [0.717, 1.165) is 0 Å². The molecule has 2 rings (SSSR count). The molecule has 1 aliphatic heterocycles. The van der Waals surface area contributed by atoms with E-state index in [1.165, 1.54) is 13.2 Å². The second-order valence-electron chi connectivity index (χ2n) is 3.19. The minimum Gasteiger partial charge on any atom is -0.464 e. The van der Waals surface area contributed by atoms with Crippen molar-refractivity contribution in [1.29, 1.82) is 0 Å². The number of pyridine rings is 1. The highest BCUT2D eigenvalue weighted by molar-refractivity contribution is 5.97. The van der Waals surface area contributed by atoms with Crippen molar-refractivity contribution < 1.29 is 14.3 Å². The average molecular weight is 206 g/mol. The van der Waals surface area contributed by atoms with Gasteiger partial charge >= 0.3 is 5.97 Å². The largest absolute Gasteiger partial charge is 0.464 e. The van der Waals surface area contributed by atoms with Crippen molar-refractivity contribution in [3.8, 4) is 0 Å². The first-order valence-electron chi connectivity index (χ1n) is 4.59. The Balaban J connectivity index is 2.41. The van der Waals surface area contributed by atoms with Crippen molar-refractivity contribution in [2.24, 2.45) is 0 Å². The number of esters is 1. The third-order valence-corrected chi connectivity index (χ3v) is 2.26. The monoisotopic (exact) mass is 206 g/mol. The van der Waals surface area contributed by atoms with Gasteiger partial charge in [-0.1, -0.05) is 0 Å². The molecule has 15 heavy (non-hydrogen) atoms. The summed E-state index contributed by atoms with van der Waals surface area (Å²) >= 11 is 0. The van der Waals surface area contributed by atoms with E-state index >= 15 is 0 Å². The van der Waals surface area contributed by atoms with Gasteiger partial charge in [-0.25, -0.2) is 9.78 Å². The Morgan fingerprint density at radius 1 is 1.53 bits per heavy atom. The molecule has 0 spiro atoms. The fraction of sp³-hybridized carbons (Fsp3) is 0.300. The molecule has 0 saturated heterocycles. The van der Waals surface area contributed by atoms with Gasteiger partial charge in [-0.05, 0) is 12.1 Å². The smallest absolute Gasteiger partial charge is 0.356 e. The number of methoxy groups -OCH3 is 1. The Labute approximate surface area is 86.5 Å². The SMILES string of the molecule is COC(=O)c1ccc2c(n1)CCNC2=O. The van der Waals surface area contributed by atoms with Gasteiger partial charge in [-0.15, -0.1) is 0 Å². The van der Waals surface area contributed by atoms with E-state index in [-0.39, 0.29) is 11.6 Å². The van der Waals surface area contributed by atoms with Crippen LogP contribution in [0.1, 0.15) is 26.5 Å². The number of aromatic nitrogens is 1. The van der Waals surface area contributed by atoms with Crippen molar-refractivity contribution in [2.45, 2.75) is 6.42 Å². The Morgan fingerprint density at radius 3 is 3.07 bits per heavy atom. The Hall–Kier alpha value is -1.91. The van der Waals surface area contributed by atoms with Gasteiger partial charge in [0, 0.05) is 13.0 Å². The Kier molecular flexibility index (Phi) is 2.37. The van der Waals surface area contributed by atoms with Crippen LogP contribution in [-0.2, 0) is 11.2 Å². The van der Waals surface area contributed by atoms with E-state index in [2.05, 4.69) is 15.0 Å². The molecule has 5 heteroatoms. The van der Waals surface area contributed by atoms with Gasteiger partial charge in [0.15, 0.2) is 0 Å². The van der Waals surface area contributed by atoms with Crippen LogP contribution < -0.4 is 5.32 Å². The molecule has 0 fully saturated rings. The molecular formula is C10H10N2O3. The molecule has 0 atom stereocenters. The summed E-state index contributed by atoms with van der Waals surface area (Å²) in [6, 6.07) is 3.10. The molecule has 1 N–H and O–H groups in total. The van der Waals surface area contributed by atoms with Crippen LogP contribution in [0.3, 0.4) is 0 Å². The van der Waals surface area contributed by atoms with Gasteiger partial charge in [0.2, 0.25) is 0 Å². The number of carbonyl (C=O) groups excluding carboxylic acids is 2. The molecule has 0 unspecified atom stereocenters. The fourth-order valence-electron chi connectivity index (χ4n) is 1.51. The lowest BCUT2D eigenvalue weighted by atomic mass is 10.1. The molecule has 1 aromatic rings. The van der Waals surface area contributed by atoms with Gasteiger partial charge in [-0.2, -0.15) is 0 Å². The summed E-state index contributed by atoms with van der Waals surface area (Å²) in [6.07, 6.45) is 0.645. The van der Waals surface area contributed by atoms with E-state index in [0.29, 0.717) is 24.2 Å². The van der Waals surface area contributed by atoms with E-state index in [4.69, 9.17) is 0 Å². The highest BCUT2D eigenvalue weighted by Crippen LogP contribution is 2.12. The van der Waals surface area contributed by atoms with Gasteiger partial charge in [0.25, 0.3) is 5.91 Å². The number of nitrogens with zero attached hydrogens (tertiary/aromatic N) is 1. The first kappa shape index (κ1) is 9.64. The number of fused-ring (bicyclic) bond motifs is 1. The molecule has 0 radical (unpaired) electrons. The number of hydrogen-bond donors (Lipinski definition) is 1. The molecular weight excluding hydrogens is 196 g/mol. The Morgan fingerprint density at radius 2 is 2.33 bits per heavy atom. The van der Waals surface area contributed by atoms with Crippen molar-refractivity contribution >= 4 is 11.9 Å². The van der Waals surface area contributed by atoms with E-state index < -0.39 is 5.97 Å². The summed E-state index contributed by atoms with van der Waals surface area (Å²) in [5, 5.41) is 2.71. The number of ether oxygens (including phenoxy) is 1. The maximum atomic E-state index is 11.4. The molecule has 1 amide bonds. The van der Waals surface area contributed by atoms with Gasteiger partial charge < -0.3 is 10.1 Å². The van der Waals surface area contributed by atoms with Crippen LogP contribution in [0.15, 0.2) is 12.1 Å². The zero-order chi connectivity index (χ0) is 10.8. The zero-order valence-electron chi connectivity index (χ0n) is 8.24. The maximum Gasteiger partial charge on any atom is 0.356 e. The summed E-state index contributed by atoms with van der Waals surface area (Å²) in [5.41, 5.74) is 1.43. The third-order valence-electron chi connectivity index (χ3n) is 2.26. The van der Waals surface area contributed by atoms with E-state index in [1.807, 2.05) is 0 Å². The molecule has 0 aromatic carbocycles. The van der Waals surface area contributed by atoms with E-state index in [1.54, 1.807) is 6.07 Å². The third kappa shape index (κ3) is 1.68. The molecule has 0 saturated carbocycles. The summed E-state index contributed by atoms with van der Waals surface area (Å²) < 4.78 is 4.55. The van der Waals surface area contributed by atoms with E-state index in [9.17, 15) is 9.59 Å². The molecule has 5 nitrogen and oxygen atoms in total. The van der Waals surface area contributed by atoms with Gasteiger partial charge in [-0.3, -0.25) is 4.79 Å². The topological polar surface area (TPSA) is 68.3 Å². The first-order valence-corrected chi connectivity index (χ1v) is 4.59. The standard InChI is InChI=1S/C10H10N2O3/c1-15-10(14)8-3-2-6-7(12-8)4-5-11-9(6)13/h2-3H,4-5H2,1H3,(H,11,13). The maximum absolute atomic E-state index is 11.4. The highest BCUT2D eigenvalue weighted by Gasteiger charge is 2.19. The van der Waals surface area contributed by atoms with Crippen LogP contribution >= 0.6 is 0 Å². The number of nitrogens with one attached hydrogen (secondary N) is 1. The normalized spacial score (nSPS) is 14.1. The zero-order valence-corrected chi connectivity index (χ0v) is 8.24. The second-order valence-corrected chi connectivity index (χ2v) is 3.19. The van der Waals surface area contributed by atoms with Crippen molar-refractivity contribution in [3.05, 3.63) is 29.1 Å². The number of hydrogen-bond acceptors (Lipinski definition) is 4. The quantitative estimate of drug-likeness (QED) is 0.664. The van der Waals surface area contributed by atoms with Gasteiger partial charge in [0.05, 0.1) is 18.4 Å². The molecule has 1 aliphatic rings. The predicted molar refractivity (Wildman–Crippen MR) is 51.6 cm³/mol. The van der Waals surface area contributed by atoms with Crippen LogP contribution in [-0.4, -0.2) is 30.5 Å². The average Bonchev–Trinajstić information content (AvgIpc) is 2.28. The minimum absolute atomic E-state index is 0.139. The lowest BCUT2D eigenvalue weighted by Gasteiger charge is -2.15. The van der Waals surface area contributed by atoms with Crippen molar-refractivity contribution in [3.63, 3.8) is 0 Å². The van der Waals surface area contributed by atoms with Crippen LogP contribution in [0.25, 0.3) is 0 Å². The van der Waals surface area contributed by atoms with Crippen LogP contribution in [0, 0.1) is 0 Å². The Bertz CT molecular complexity index is 429. The summed E-state index contributed by atoms with van der Waals surface area (Å²) in [4.78, 5) is 26.7. The molecule has 0 aliphatic carbocycles. The minimum atomic E-state index is -0.483. The summed E-state index contributed by atoms with van der Waals surface area (Å²) in [5.74, 6) is -0.621. The second kappa shape index (κ2) is 3.68.